The lowest BCUT2D eigenvalue weighted by atomic mass is 9.85. The number of hydrogen-bond donors (Lipinski definition) is 5. The van der Waals surface area contributed by atoms with Gasteiger partial charge in [-0.25, -0.2) is 23.1 Å². The van der Waals surface area contributed by atoms with Gasteiger partial charge in [-0.15, -0.1) is 11.3 Å². The van der Waals surface area contributed by atoms with Gasteiger partial charge in [-0.05, 0) is 84.5 Å². The molecule has 1 unspecified atom stereocenters. The van der Waals surface area contributed by atoms with Gasteiger partial charge in [-0.1, -0.05) is 57.2 Å². The van der Waals surface area contributed by atoms with Crippen molar-refractivity contribution in [2.24, 2.45) is 11.3 Å². The number of thiazole rings is 1. The minimum absolute atomic E-state index is 0.00175. The molecule has 4 fully saturated rings. The number of fused-ring (bicyclic) bond motifs is 1. The van der Waals surface area contributed by atoms with Gasteiger partial charge in [0.15, 0.2) is 5.82 Å². The Morgan fingerprint density at radius 1 is 0.864 bits per heavy atom. The zero-order valence-electron chi connectivity index (χ0n) is 45.8. The van der Waals surface area contributed by atoms with E-state index in [9.17, 15) is 37.1 Å². The fourth-order valence-electron chi connectivity index (χ4n) is 11.4. The minimum Gasteiger partial charge on any atom is -0.391 e. The summed E-state index contributed by atoms with van der Waals surface area (Å²) < 4.78 is 73.4. The van der Waals surface area contributed by atoms with Crippen LogP contribution in [0.4, 0.5) is 24.5 Å². The smallest absolute Gasteiger partial charge is 0.301 e. The number of β-amino-alcohol motifs (C(OH)–C–C–N with tert-alkyl or cyclic N) is 1. The van der Waals surface area contributed by atoms with Crippen molar-refractivity contribution in [2.45, 2.75) is 84.3 Å². The molecule has 430 valence electrons. The largest absolute Gasteiger partial charge is 0.391 e. The van der Waals surface area contributed by atoms with Crippen molar-refractivity contribution in [1.29, 1.82) is 0 Å². The number of aliphatic hydroxyl groups excluding tert-OH is 1. The number of anilines is 2. The number of likely N-dealkylation sites (tertiary alicyclic amines) is 1. The predicted molar refractivity (Wildman–Crippen MR) is 304 cm³/mol. The van der Waals surface area contributed by atoms with E-state index in [-0.39, 0.29) is 56.4 Å². The second kappa shape index (κ2) is 24.0. The van der Waals surface area contributed by atoms with Crippen LogP contribution in [0.1, 0.15) is 73.6 Å². The van der Waals surface area contributed by atoms with Gasteiger partial charge in [0.1, 0.15) is 29.7 Å². The number of carbonyl (C=O) groups is 4. The normalized spacial score (nSPS) is 20.2. The average molecular weight is 1150 g/mol. The van der Waals surface area contributed by atoms with Crippen LogP contribution >= 0.6 is 11.3 Å². The summed E-state index contributed by atoms with van der Waals surface area (Å²) in [5.41, 5.74) is 5.25. The molecule has 4 atom stereocenters. The summed E-state index contributed by atoms with van der Waals surface area (Å²) in [4.78, 5) is 76.4. The quantitative estimate of drug-likeness (QED) is 0.0618. The van der Waals surface area contributed by atoms with Gasteiger partial charge in [-0.2, -0.15) is 12.7 Å². The zero-order valence-corrected chi connectivity index (χ0v) is 47.4. The number of aromatic amines is 1. The summed E-state index contributed by atoms with van der Waals surface area (Å²) in [6, 6.07) is 17.5. The maximum absolute atomic E-state index is 15.8. The number of ketones is 1. The van der Waals surface area contributed by atoms with Crippen LogP contribution in [0.15, 0.2) is 84.6 Å². The predicted octanol–water partition coefficient (Wildman–Crippen LogP) is 6.51. The highest BCUT2D eigenvalue weighted by molar-refractivity contribution is 7.90. The lowest BCUT2D eigenvalue weighted by molar-refractivity contribution is -0.144. The molecule has 3 amide bonds. The van der Waals surface area contributed by atoms with E-state index in [1.807, 2.05) is 86.5 Å². The van der Waals surface area contributed by atoms with Crippen LogP contribution in [0.5, 0.6) is 0 Å². The van der Waals surface area contributed by atoms with Gasteiger partial charge in [0, 0.05) is 113 Å². The lowest BCUT2D eigenvalue weighted by Crippen LogP contribution is -2.59. The van der Waals surface area contributed by atoms with E-state index in [1.54, 1.807) is 23.6 Å². The SMILES string of the molecule is Cc1ncsc1-c1ccc(CNC(=O)[C@@H]2C[C@@H](O)CN2C(=O)C(NC(=O)CN2CCN(CC3CCN(c4ccc(-c5cnc6[nH]cc(C(=O)c7c(F)ccc(NS(=O)(=O)N8CC[C@@H](F)C8)c7F)c6c5)cc4)CC3)CC2)C(C)(C)C)cc1. The summed E-state index contributed by atoms with van der Waals surface area (Å²) in [5.74, 6) is -4.11. The highest BCUT2D eigenvalue weighted by Crippen LogP contribution is 2.34. The standard InChI is InChI=1S/C58H68F3N11O7S2/c1-35-53(80-34-65-35)39-7-5-36(6-8-39)27-64-56(76)48-26-43(73)32-72(48)57(77)54(58(2,3)4)66-49(74)33-69-23-21-68(22-24-69)30-37-15-18-70(19-16-37)42-11-9-38(10-12-42)40-25-44-45(29-63-55(44)62-28-40)52(75)50-46(60)13-14-47(51(50)61)67-81(78,79)71-20-17-41(59)31-71/h5-14,25,28-29,34,37,41,43,48,54,67,73H,15-24,26-27,30-33H2,1-4H3,(H,62,63)(H,64,76)(H,66,74)/t41-,43-,48+,54?/m1/s1. The average Bonchev–Trinajstić information content (AvgIpc) is 4.41. The van der Waals surface area contributed by atoms with E-state index in [4.69, 9.17) is 0 Å². The highest BCUT2D eigenvalue weighted by atomic mass is 32.2. The van der Waals surface area contributed by atoms with Crippen molar-refractivity contribution in [3.8, 4) is 21.6 Å². The van der Waals surface area contributed by atoms with E-state index < -0.39 is 81.1 Å². The number of piperazine rings is 1. The number of amides is 3. The number of nitrogens with zero attached hydrogens (tertiary/aromatic N) is 7. The Kier molecular flexibility index (Phi) is 17.0. The summed E-state index contributed by atoms with van der Waals surface area (Å²) in [6.07, 6.45) is 2.83. The van der Waals surface area contributed by atoms with E-state index >= 15 is 8.78 Å². The Bertz CT molecular complexity index is 3400. The Morgan fingerprint density at radius 3 is 2.23 bits per heavy atom. The molecule has 4 saturated heterocycles. The van der Waals surface area contributed by atoms with Gasteiger partial charge < -0.3 is 35.4 Å². The minimum atomic E-state index is -4.37. The molecule has 5 N–H and O–H groups in total. The molecule has 0 radical (unpaired) electrons. The van der Waals surface area contributed by atoms with Crippen molar-refractivity contribution in [1.82, 2.24) is 44.6 Å². The molecule has 0 bridgehead atoms. The molecule has 4 aliphatic heterocycles. The van der Waals surface area contributed by atoms with Crippen LogP contribution in [-0.2, 0) is 31.1 Å². The van der Waals surface area contributed by atoms with Crippen LogP contribution in [0, 0.1) is 29.9 Å². The molecular weight excluding hydrogens is 1080 g/mol. The first kappa shape index (κ1) is 57.5. The third kappa shape index (κ3) is 13.0. The number of carbonyl (C=O) groups excluding carboxylic acids is 4. The number of piperidine rings is 1. The zero-order chi connectivity index (χ0) is 57.3. The molecule has 3 aromatic carbocycles. The van der Waals surface area contributed by atoms with E-state index in [1.165, 1.54) is 11.1 Å². The Balaban J connectivity index is 0.678. The Hall–Kier alpha value is -6.76. The maximum Gasteiger partial charge on any atom is 0.301 e. The Morgan fingerprint density at radius 2 is 1.57 bits per heavy atom. The third-order valence-electron chi connectivity index (χ3n) is 16.0. The first-order valence-electron chi connectivity index (χ1n) is 27.5. The number of aryl methyl sites for hydroxylation is 1. The fourth-order valence-corrected chi connectivity index (χ4v) is 13.4. The first-order chi connectivity index (χ1) is 38.7. The van der Waals surface area contributed by atoms with Crippen LogP contribution in [0.25, 0.3) is 32.6 Å². The van der Waals surface area contributed by atoms with Gasteiger partial charge in [0.2, 0.25) is 23.5 Å². The third-order valence-corrected chi connectivity index (χ3v) is 18.5. The first-order valence-corrected chi connectivity index (χ1v) is 29.8. The molecular formula is C58H68F3N11O7S2. The van der Waals surface area contributed by atoms with Gasteiger partial charge >= 0.3 is 10.2 Å². The molecule has 3 aromatic heterocycles. The lowest BCUT2D eigenvalue weighted by Gasteiger charge is -2.39. The number of H-pyrrole nitrogens is 1. The van der Waals surface area contributed by atoms with Crippen molar-refractivity contribution >= 4 is 67.5 Å². The van der Waals surface area contributed by atoms with E-state index in [0.29, 0.717) is 35.6 Å². The number of benzene rings is 3. The van der Waals surface area contributed by atoms with Crippen LogP contribution < -0.4 is 20.3 Å². The number of rotatable bonds is 17. The summed E-state index contributed by atoms with van der Waals surface area (Å²) in [6.45, 7) is 13.2. The van der Waals surface area contributed by atoms with Gasteiger partial charge in [0.25, 0.3) is 0 Å². The summed E-state index contributed by atoms with van der Waals surface area (Å²) in [7, 11) is -4.37. The van der Waals surface area contributed by atoms with Crippen LogP contribution in [0.3, 0.4) is 0 Å². The van der Waals surface area contributed by atoms with Crippen molar-refractivity contribution in [2.75, 3.05) is 81.6 Å². The fraction of sp³-hybridized carbons (Fsp3) is 0.448. The molecule has 0 saturated carbocycles. The van der Waals surface area contributed by atoms with Crippen molar-refractivity contribution in [3.05, 3.63) is 119 Å². The second-order valence-electron chi connectivity index (χ2n) is 22.8. The number of nitrogens with one attached hydrogen (secondary N) is 4. The maximum atomic E-state index is 15.8. The van der Waals surface area contributed by atoms with Gasteiger partial charge in [0.05, 0.1) is 40.0 Å². The molecule has 0 aliphatic carbocycles. The number of aliphatic hydroxyl groups is 1. The number of alkyl halides is 1. The number of hydrogen-bond acceptors (Lipinski definition) is 13. The Labute approximate surface area is 473 Å². The number of halogens is 3. The van der Waals surface area contributed by atoms with Crippen molar-refractivity contribution < 1.29 is 45.9 Å². The summed E-state index contributed by atoms with van der Waals surface area (Å²) >= 11 is 1.57. The highest BCUT2D eigenvalue weighted by Gasteiger charge is 2.45. The molecule has 18 nitrogen and oxygen atoms in total. The van der Waals surface area contributed by atoms with Crippen LogP contribution in [-0.4, -0.2) is 167 Å². The molecule has 10 rings (SSSR count). The molecule has 23 heteroatoms. The molecule has 7 heterocycles. The number of aromatic nitrogens is 3. The molecule has 4 aliphatic rings. The topological polar surface area (TPSA) is 217 Å². The van der Waals surface area contributed by atoms with E-state index in [0.717, 1.165) is 95.0 Å². The van der Waals surface area contributed by atoms with Gasteiger partial charge in [-0.3, -0.25) is 28.8 Å². The van der Waals surface area contributed by atoms with Crippen molar-refractivity contribution in [3.63, 3.8) is 0 Å². The molecule has 0 spiro atoms. The summed E-state index contributed by atoms with van der Waals surface area (Å²) in [5, 5.41) is 17.0. The van der Waals surface area contributed by atoms with E-state index in [2.05, 4.69) is 40.3 Å². The molecule has 6 aromatic rings. The number of pyridine rings is 1. The second-order valence-corrected chi connectivity index (χ2v) is 25.3. The molecule has 81 heavy (non-hydrogen) atoms. The van der Waals surface area contributed by atoms with Crippen LogP contribution in [0.2, 0.25) is 0 Å². The monoisotopic (exact) mass is 1150 g/mol.